The fraction of sp³-hybridized carbons (Fsp3) is 0.214. The normalized spacial score (nSPS) is 10.4. The highest BCUT2D eigenvalue weighted by atomic mass is 16.1. The fourth-order valence-corrected chi connectivity index (χ4v) is 1.75. The van der Waals surface area contributed by atoms with Crippen LogP contribution in [0.5, 0.6) is 0 Å². The van der Waals surface area contributed by atoms with Crippen LogP contribution in [0.1, 0.15) is 30.1 Å². The molecule has 86 valence electrons. The largest absolute Gasteiger partial charge is 0.300 e. The van der Waals surface area contributed by atoms with Gasteiger partial charge in [0.2, 0.25) is 0 Å². The summed E-state index contributed by atoms with van der Waals surface area (Å²) in [5.74, 6) is 0.0102. The molecule has 17 heavy (non-hydrogen) atoms. The molecule has 0 amide bonds. The maximum Gasteiger partial charge on any atom is 0.165 e. The summed E-state index contributed by atoms with van der Waals surface area (Å²) < 4.78 is 0. The van der Waals surface area contributed by atoms with Gasteiger partial charge in [0.1, 0.15) is 5.78 Å². The molecule has 0 saturated carbocycles. The van der Waals surface area contributed by atoms with Gasteiger partial charge in [0.05, 0.1) is 5.52 Å². The van der Waals surface area contributed by atoms with Crippen molar-refractivity contribution in [3.05, 3.63) is 42.1 Å². The number of fused-ring (bicyclic) bond motifs is 1. The second-order valence-corrected chi connectivity index (χ2v) is 4.01. The monoisotopic (exact) mass is 227 g/mol. The first-order chi connectivity index (χ1) is 8.18. The minimum Gasteiger partial charge on any atom is -0.300 e. The van der Waals surface area contributed by atoms with Crippen molar-refractivity contribution in [1.29, 1.82) is 0 Å². The van der Waals surface area contributed by atoms with Gasteiger partial charge in [0.15, 0.2) is 5.78 Å². The highest BCUT2D eigenvalue weighted by molar-refractivity contribution is 6.07. The number of Topliss-reactive ketones (excluding diaryl/α,β-unsaturated/α-hetero) is 2. The summed E-state index contributed by atoms with van der Waals surface area (Å²) in [7, 11) is 0. The summed E-state index contributed by atoms with van der Waals surface area (Å²) in [6.07, 6.45) is 2.22. The predicted molar refractivity (Wildman–Crippen MR) is 66.0 cm³/mol. The minimum absolute atomic E-state index is 0.0236. The average molecular weight is 227 g/mol. The number of carbonyl (C=O) groups is 2. The number of nitrogens with zero attached hydrogens (tertiary/aromatic N) is 1. The Bertz CT molecular complexity index is 570. The van der Waals surface area contributed by atoms with E-state index in [4.69, 9.17) is 0 Å². The molecular weight excluding hydrogens is 214 g/mol. The van der Waals surface area contributed by atoms with Crippen LogP contribution in [0.25, 0.3) is 10.9 Å². The Morgan fingerprint density at radius 1 is 1.12 bits per heavy atom. The number of para-hydroxylation sites is 1. The SMILES string of the molecule is CC(=O)CCC(=O)c1cccc2cccnc12. The van der Waals surface area contributed by atoms with Gasteiger partial charge in [0.25, 0.3) is 0 Å². The Labute approximate surface area is 99.5 Å². The first kappa shape index (κ1) is 11.5. The van der Waals surface area contributed by atoms with Crippen molar-refractivity contribution in [1.82, 2.24) is 4.98 Å². The van der Waals surface area contributed by atoms with E-state index in [1.165, 1.54) is 6.92 Å². The fourth-order valence-electron chi connectivity index (χ4n) is 1.75. The van der Waals surface area contributed by atoms with Crippen molar-refractivity contribution in [2.45, 2.75) is 19.8 Å². The lowest BCUT2D eigenvalue weighted by atomic mass is 10.0. The number of ketones is 2. The zero-order valence-electron chi connectivity index (χ0n) is 9.64. The second kappa shape index (κ2) is 4.87. The molecular formula is C14H13NO2. The lowest BCUT2D eigenvalue weighted by Crippen LogP contribution is -2.03. The highest BCUT2D eigenvalue weighted by Crippen LogP contribution is 2.17. The van der Waals surface area contributed by atoms with Gasteiger partial charge in [-0.05, 0) is 19.1 Å². The lowest BCUT2D eigenvalue weighted by molar-refractivity contribution is -0.116. The van der Waals surface area contributed by atoms with Crippen molar-refractivity contribution < 1.29 is 9.59 Å². The average Bonchev–Trinajstić information content (AvgIpc) is 2.35. The molecule has 1 aromatic carbocycles. The molecule has 0 unspecified atom stereocenters. The van der Waals surface area contributed by atoms with Crippen LogP contribution in [-0.4, -0.2) is 16.6 Å². The van der Waals surface area contributed by atoms with Gasteiger partial charge in [0, 0.05) is 30.0 Å². The highest BCUT2D eigenvalue weighted by Gasteiger charge is 2.11. The van der Waals surface area contributed by atoms with Crippen molar-refractivity contribution in [2.75, 3.05) is 0 Å². The molecule has 3 nitrogen and oxygen atoms in total. The quantitative estimate of drug-likeness (QED) is 0.754. The van der Waals surface area contributed by atoms with Crippen LogP contribution in [0.2, 0.25) is 0 Å². The molecule has 3 heteroatoms. The number of rotatable bonds is 4. The first-order valence-electron chi connectivity index (χ1n) is 5.55. The van der Waals surface area contributed by atoms with E-state index in [-0.39, 0.29) is 18.0 Å². The van der Waals surface area contributed by atoms with Crippen molar-refractivity contribution in [2.24, 2.45) is 0 Å². The summed E-state index contributed by atoms with van der Waals surface area (Å²) in [6, 6.07) is 9.28. The van der Waals surface area contributed by atoms with Crippen LogP contribution in [-0.2, 0) is 4.79 Å². The standard InChI is InChI=1S/C14H13NO2/c1-10(16)7-8-13(17)12-6-2-4-11-5-3-9-15-14(11)12/h2-6,9H,7-8H2,1H3. The molecule has 0 aliphatic rings. The van der Waals surface area contributed by atoms with Gasteiger partial charge >= 0.3 is 0 Å². The van der Waals surface area contributed by atoms with E-state index < -0.39 is 0 Å². The maximum absolute atomic E-state index is 12.0. The zero-order valence-corrected chi connectivity index (χ0v) is 9.64. The third-order valence-corrected chi connectivity index (χ3v) is 2.64. The van der Waals surface area contributed by atoms with E-state index in [1.54, 1.807) is 12.3 Å². The van der Waals surface area contributed by atoms with E-state index in [0.29, 0.717) is 17.5 Å². The molecule has 0 saturated heterocycles. The number of carbonyl (C=O) groups excluding carboxylic acids is 2. The van der Waals surface area contributed by atoms with E-state index in [1.807, 2.05) is 24.3 Å². The molecule has 1 aromatic heterocycles. The number of hydrogen-bond acceptors (Lipinski definition) is 3. The van der Waals surface area contributed by atoms with Crippen LogP contribution in [0.3, 0.4) is 0 Å². The van der Waals surface area contributed by atoms with Crippen LogP contribution in [0.15, 0.2) is 36.5 Å². The third kappa shape index (κ3) is 2.56. The predicted octanol–water partition coefficient (Wildman–Crippen LogP) is 2.79. The molecule has 1 heterocycles. The Morgan fingerprint density at radius 3 is 2.65 bits per heavy atom. The summed E-state index contributed by atoms with van der Waals surface area (Å²) in [4.78, 5) is 27.1. The minimum atomic E-state index is -0.0236. The van der Waals surface area contributed by atoms with Gasteiger partial charge in [-0.15, -0.1) is 0 Å². The molecule has 0 aliphatic carbocycles. The number of aromatic nitrogens is 1. The van der Waals surface area contributed by atoms with Gasteiger partial charge in [-0.25, -0.2) is 0 Å². The Morgan fingerprint density at radius 2 is 1.88 bits per heavy atom. The summed E-state index contributed by atoms with van der Waals surface area (Å²) >= 11 is 0. The molecule has 2 rings (SSSR count). The van der Waals surface area contributed by atoms with E-state index in [9.17, 15) is 9.59 Å². The zero-order chi connectivity index (χ0) is 12.3. The molecule has 0 bridgehead atoms. The molecule has 0 spiro atoms. The summed E-state index contributed by atoms with van der Waals surface area (Å²) in [5, 5.41) is 0.946. The van der Waals surface area contributed by atoms with Crippen LogP contribution >= 0.6 is 0 Å². The molecule has 0 radical (unpaired) electrons. The summed E-state index contributed by atoms with van der Waals surface area (Å²) in [6.45, 7) is 1.49. The Hall–Kier alpha value is -2.03. The van der Waals surface area contributed by atoms with Crippen LogP contribution in [0.4, 0.5) is 0 Å². The second-order valence-electron chi connectivity index (χ2n) is 4.01. The van der Waals surface area contributed by atoms with Gasteiger partial charge in [-0.3, -0.25) is 9.78 Å². The van der Waals surface area contributed by atoms with Gasteiger partial charge in [-0.2, -0.15) is 0 Å². The molecule has 0 aliphatic heterocycles. The third-order valence-electron chi connectivity index (χ3n) is 2.64. The topological polar surface area (TPSA) is 47.0 Å². The molecule has 0 fully saturated rings. The van der Waals surface area contributed by atoms with Gasteiger partial charge in [-0.1, -0.05) is 18.2 Å². The van der Waals surface area contributed by atoms with Crippen LogP contribution < -0.4 is 0 Å². The van der Waals surface area contributed by atoms with Crippen molar-refractivity contribution in [3.63, 3.8) is 0 Å². The number of pyridine rings is 1. The Balaban J connectivity index is 2.35. The number of hydrogen-bond donors (Lipinski definition) is 0. The lowest BCUT2D eigenvalue weighted by Gasteiger charge is -2.03. The smallest absolute Gasteiger partial charge is 0.165 e. The maximum atomic E-state index is 12.0. The summed E-state index contributed by atoms with van der Waals surface area (Å²) in [5.41, 5.74) is 1.31. The number of benzene rings is 1. The van der Waals surface area contributed by atoms with Gasteiger partial charge < -0.3 is 4.79 Å². The Kier molecular flexibility index (Phi) is 3.28. The van der Waals surface area contributed by atoms with Crippen molar-refractivity contribution in [3.8, 4) is 0 Å². The van der Waals surface area contributed by atoms with E-state index in [0.717, 1.165) is 5.39 Å². The van der Waals surface area contributed by atoms with E-state index in [2.05, 4.69) is 4.98 Å². The molecule has 0 atom stereocenters. The van der Waals surface area contributed by atoms with Crippen LogP contribution in [0, 0.1) is 0 Å². The first-order valence-corrected chi connectivity index (χ1v) is 5.55. The molecule has 0 N–H and O–H groups in total. The molecule has 2 aromatic rings. The van der Waals surface area contributed by atoms with Crippen molar-refractivity contribution >= 4 is 22.5 Å². The van der Waals surface area contributed by atoms with E-state index >= 15 is 0 Å².